The molecule has 8 nitrogen and oxygen atoms in total. The van der Waals surface area contributed by atoms with E-state index in [-0.39, 0.29) is 11.5 Å². The molecule has 0 fully saturated rings. The quantitative estimate of drug-likeness (QED) is 0.323. The number of hydrogen-bond acceptors (Lipinski definition) is 6. The summed E-state index contributed by atoms with van der Waals surface area (Å²) in [6.45, 7) is 15.0. The zero-order chi connectivity index (χ0) is 28.0. The standard InChI is InChI=1S/C27H42N2O6S2/c1-7-28(11-9-13-36(30,31)32)24-15-20(3)26(21(4)16-24)19-27-22(5)17-25(18-23(27)6)29(8-2)12-10-14-37(33,34)35/h15-18H,7-14,19H2,1-6H3,(H,30,31,32)(H,33,34,35). The molecule has 2 aromatic carbocycles. The van der Waals surface area contributed by atoms with E-state index in [0.29, 0.717) is 25.9 Å². The minimum Gasteiger partial charge on any atom is -0.372 e. The highest BCUT2D eigenvalue weighted by atomic mass is 32.2. The molecule has 37 heavy (non-hydrogen) atoms. The summed E-state index contributed by atoms with van der Waals surface area (Å²) in [6.07, 6.45) is 1.52. The van der Waals surface area contributed by atoms with Crippen molar-refractivity contribution in [2.24, 2.45) is 0 Å². The lowest BCUT2D eigenvalue weighted by molar-refractivity contribution is 0.478. The Bertz CT molecular complexity index is 1140. The lowest BCUT2D eigenvalue weighted by Gasteiger charge is -2.26. The summed E-state index contributed by atoms with van der Waals surface area (Å²) in [5, 5.41) is 0. The summed E-state index contributed by atoms with van der Waals surface area (Å²) in [7, 11) is -7.92. The molecule has 0 aliphatic carbocycles. The molecule has 0 heterocycles. The highest BCUT2D eigenvalue weighted by molar-refractivity contribution is 7.86. The van der Waals surface area contributed by atoms with Crippen LogP contribution in [0.25, 0.3) is 0 Å². The van der Waals surface area contributed by atoms with E-state index < -0.39 is 20.2 Å². The third kappa shape index (κ3) is 9.59. The number of hydrogen-bond donors (Lipinski definition) is 2. The van der Waals surface area contributed by atoms with Gasteiger partial charge in [0.1, 0.15) is 0 Å². The lowest BCUT2D eigenvalue weighted by atomic mass is 9.90. The average molecular weight is 555 g/mol. The van der Waals surface area contributed by atoms with E-state index in [4.69, 9.17) is 9.11 Å². The van der Waals surface area contributed by atoms with Gasteiger partial charge in [0.2, 0.25) is 0 Å². The predicted octanol–water partition coefficient (Wildman–Crippen LogP) is 4.72. The molecule has 0 atom stereocenters. The van der Waals surface area contributed by atoms with Crippen molar-refractivity contribution in [3.63, 3.8) is 0 Å². The van der Waals surface area contributed by atoms with Crippen LogP contribution in [0, 0.1) is 27.7 Å². The van der Waals surface area contributed by atoms with E-state index in [9.17, 15) is 16.8 Å². The van der Waals surface area contributed by atoms with Gasteiger partial charge in [0, 0.05) is 37.6 Å². The molecule has 0 saturated carbocycles. The van der Waals surface area contributed by atoms with Crippen molar-refractivity contribution in [1.82, 2.24) is 0 Å². The van der Waals surface area contributed by atoms with Gasteiger partial charge in [-0.25, -0.2) is 0 Å². The molecule has 0 aliphatic rings. The first-order valence-corrected chi connectivity index (χ1v) is 16.0. The molecular formula is C27H42N2O6S2. The highest BCUT2D eigenvalue weighted by Gasteiger charge is 2.16. The third-order valence-electron chi connectivity index (χ3n) is 6.87. The predicted molar refractivity (Wildman–Crippen MR) is 152 cm³/mol. The van der Waals surface area contributed by atoms with Gasteiger partial charge in [-0.2, -0.15) is 16.8 Å². The minimum absolute atomic E-state index is 0.246. The molecular weight excluding hydrogens is 512 g/mol. The average Bonchev–Trinajstić information content (AvgIpc) is 2.76. The van der Waals surface area contributed by atoms with Crippen LogP contribution in [0.15, 0.2) is 24.3 Å². The Balaban J connectivity index is 2.24. The van der Waals surface area contributed by atoms with E-state index in [1.807, 2.05) is 13.8 Å². The second-order valence-corrected chi connectivity index (χ2v) is 12.9. The van der Waals surface area contributed by atoms with Crippen LogP contribution in [0.1, 0.15) is 60.1 Å². The van der Waals surface area contributed by atoms with E-state index in [2.05, 4.69) is 61.8 Å². The zero-order valence-electron chi connectivity index (χ0n) is 22.9. The van der Waals surface area contributed by atoms with Gasteiger partial charge in [-0.05, 0) is 118 Å². The van der Waals surface area contributed by atoms with Crippen LogP contribution in [-0.4, -0.2) is 63.6 Å². The first kappa shape index (κ1) is 31.1. The molecule has 2 N–H and O–H groups in total. The van der Waals surface area contributed by atoms with E-state index in [1.54, 1.807) is 0 Å². The number of nitrogens with zero attached hydrogens (tertiary/aromatic N) is 2. The second kappa shape index (κ2) is 13.1. The Kier molecular flexibility index (Phi) is 11.0. The molecule has 0 aliphatic heterocycles. The van der Waals surface area contributed by atoms with Gasteiger partial charge in [-0.3, -0.25) is 9.11 Å². The maximum Gasteiger partial charge on any atom is 0.264 e. The van der Waals surface area contributed by atoms with E-state index in [1.165, 1.54) is 33.4 Å². The topological polar surface area (TPSA) is 115 Å². The Morgan fingerprint density at radius 3 is 1.16 bits per heavy atom. The SMILES string of the molecule is CCN(CCCS(=O)(=O)O)c1cc(C)c(Cc2c(C)cc(N(CC)CCCS(=O)(=O)O)cc2C)c(C)c1. The first-order valence-electron chi connectivity index (χ1n) is 12.8. The van der Waals surface area contributed by atoms with Gasteiger partial charge in [0.05, 0.1) is 11.5 Å². The summed E-state index contributed by atoms with van der Waals surface area (Å²) in [4.78, 5) is 4.25. The highest BCUT2D eigenvalue weighted by Crippen LogP contribution is 2.30. The van der Waals surface area contributed by atoms with Crippen LogP contribution >= 0.6 is 0 Å². The summed E-state index contributed by atoms with van der Waals surface area (Å²) >= 11 is 0. The fraction of sp³-hybridized carbons (Fsp3) is 0.556. The fourth-order valence-electron chi connectivity index (χ4n) is 4.86. The van der Waals surface area contributed by atoms with Gasteiger partial charge >= 0.3 is 0 Å². The molecule has 0 radical (unpaired) electrons. The van der Waals surface area contributed by atoms with Gasteiger partial charge in [0.15, 0.2) is 0 Å². The van der Waals surface area contributed by atoms with Crippen LogP contribution < -0.4 is 9.80 Å². The van der Waals surface area contributed by atoms with Crippen molar-refractivity contribution in [1.29, 1.82) is 0 Å². The summed E-state index contributed by atoms with van der Waals surface area (Å²) in [5.41, 5.74) is 9.30. The Hall–Kier alpha value is -2.14. The molecule has 2 rings (SSSR count). The van der Waals surface area contributed by atoms with Crippen LogP contribution in [-0.2, 0) is 26.7 Å². The molecule has 208 valence electrons. The summed E-state index contributed by atoms with van der Waals surface area (Å²) in [6, 6.07) is 8.58. The van der Waals surface area contributed by atoms with Gasteiger partial charge in [-0.15, -0.1) is 0 Å². The summed E-state index contributed by atoms with van der Waals surface area (Å²) in [5.74, 6) is -0.492. The Labute approximate surface area is 223 Å². The largest absolute Gasteiger partial charge is 0.372 e. The smallest absolute Gasteiger partial charge is 0.264 e. The first-order chi connectivity index (χ1) is 17.1. The van der Waals surface area contributed by atoms with Gasteiger partial charge in [-0.1, -0.05) is 0 Å². The molecule has 0 aromatic heterocycles. The van der Waals surface area contributed by atoms with Crippen molar-refractivity contribution >= 4 is 31.6 Å². The van der Waals surface area contributed by atoms with Crippen molar-refractivity contribution in [2.45, 2.75) is 60.8 Å². The van der Waals surface area contributed by atoms with Gasteiger partial charge in [0.25, 0.3) is 20.2 Å². The van der Waals surface area contributed by atoms with Crippen LogP contribution in [0.2, 0.25) is 0 Å². The van der Waals surface area contributed by atoms with Crippen molar-refractivity contribution in [3.8, 4) is 0 Å². The second-order valence-electron chi connectivity index (χ2n) is 9.73. The van der Waals surface area contributed by atoms with Crippen molar-refractivity contribution < 1.29 is 25.9 Å². The minimum atomic E-state index is -3.96. The third-order valence-corrected chi connectivity index (χ3v) is 8.48. The number of benzene rings is 2. The number of anilines is 2. The lowest BCUT2D eigenvalue weighted by Crippen LogP contribution is -2.26. The number of rotatable bonds is 14. The molecule has 0 amide bonds. The zero-order valence-corrected chi connectivity index (χ0v) is 24.5. The molecule has 10 heteroatoms. The summed E-state index contributed by atoms with van der Waals surface area (Å²) < 4.78 is 62.4. The molecule has 0 unspecified atom stereocenters. The normalized spacial score (nSPS) is 12.1. The van der Waals surface area contributed by atoms with Crippen LogP contribution in [0.5, 0.6) is 0 Å². The molecule has 0 saturated heterocycles. The monoisotopic (exact) mass is 554 g/mol. The van der Waals surface area contributed by atoms with Crippen molar-refractivity contribution in [3.05, 3.63) is 57.6 Å². The molecule has 0 bridgehead atoms. The van der Waals surface area contributed by atoms with Crippen LogP contribution in [0.3, 0.4) is 0 Å². The Morgan fingerprint density at radius 2 is 0.919 bits per heavy atom. The molecule has 0 spiro atoms. The van der Waals surface area contributed by atoms with E-state index in [0.717, 1.165) is 30.9 Å². The van der Waals surface area contributed by atoms with Gasteiger partial charge < -0.3 is 9.80 Å². The van der Waals surface area contributed by atoms with Crippen LogP contribution in [0.4, 0.5) is 11.4 Å². The number of aryl methyl sites for hydroxylation is 4. The maximum atomic E-state index is 11.1. The Morgan fingerprint density at radius 1 is 0.622 bits per heavy atom. The van der Waals surface area contributed by atoms with E-state index >= 15 is 0 Å². The fourth-order valence-corrected chi connectivity index (χ4v) is 5.84. The van der Waals surface area contributed by atoms with Crippen molar-refractivity contribution in [2.75, 3.05) is 47.5 Å². The maximum absolute atomic E-state index is 11.1. The molecule has 2 aromatic rings.